The average molecular weight is 472 g/mol. The van der Waals surface area contributed by atoms with E-state index >= 15 is 0 Å². The lowest BCUT2D eigenvalue weighted by Crippen LogP contribution is -2.60. The summed E-state index contributed by atoms with van der Waals surface area (Å²) < 4.78 is 5.02. The van der Waals surface area contributed by atoms with Crippen LogP contribution in [-0.4, -0.2) is 47.6 Å². The molecule has 4 rings (SSSR count). The number of carbonyl (C=O) groups excluding carboxylic acids is 2. The highest BCUT2D eigenvalue weighted by atomic mass is 32.1. The van der Waals surface area contributed by atoms with Gasteiger partial charge in [0.05, 0.1) is 18.2 Å². The second-order valence-corrected chi connectivity index (χ2v) is 11.2. The molecule has 8 nitrogen and oxygen atoms in total. The molecule has 0 unspecified atom stereocenters. The fourth-order valence-corrected chi connectivity index (χ4v) is 6.43. The number of aromatic nitrogens is 1. The van der Waals surface area contributed by atoms with Gasteiger partial charge in [0.1, 0.15) is 10.8 Å². The van der Waals surface area contributed by atoms with Crippen LogP contribution in [0.3, 0.4) is 0 Å². The lowest BCUT2D eigenvalue weighted by molar-refractivity contribution is 0.0601. The van der Waals surface area contributed by atoms with Gasteiger partial charge in [0.2, 0.25) is 0 Å². The monoisotopic (exact) mass is 471 g/mol. The number of esters is 1. The van der Waals surface area contributed by atoms with Crippen molar-refractivity contribution in [3.05, 3.63) is 39.9 Å². The maximum absolute atomic E-state index is 13.3. The van der Waals surface area contributed by atoms with Crippen LogP contribution < -0.4 is 21.3 Å². The number of rotatable bonds is 5. The van der Waals surface area contributed by atoms with Crippen LogP contribution in [0.2, 0.25) is 0 Å². The lowest BCUT2D eigenvalue weighted by atomic mass is 9.79. The number of fused-ring (bicyclic) bond motifs is 1. The van der Waals surface area contributed by atoms with E-state index in [1.54, 1.807) is 18.3 Å². The highest BCUT2D eigenvalue weighted by Gasteiger charge is 2.38. The SMILES string of the molecule is COC(=O)c1c(NC(=O)c2cccnc2NC2CC(C)(C)NC(C)(C)C2)sc2c1CCNC2. The molecule has 2 aliphatic rings. The van der Waals surface area contributed by atoms with Crippen molar-refractivity contribution in [2.24, 2.45) is 0 Å². The molecule has 0 atom stereocenters. The zero-order valence-corrected chi connectivity index (χ0v) is 20.7. The van der Waals surface area contributed by atoms with Crippen molar-refractivity contribution in [3.8, 4) is 0 Å². The van der Waals surface area contributed by atoms with Gasteiger partial charge in [-0.05, 0) is 71.2 Å². The first-order valence-electron chi connectivity index (χ1n) is 11.3. The van der Waals surface area contributed by atoms with Crippen molar-refractivity contribution in [1.29, 1.82) is 0 Å². The second-order valence-electron chi connectivity index (χ2n) is 10.1. The first-order chi connectivity index (χ1) is 15.6. The van der Waals surface area contributed by atoms with E-state index in [0.717, 1.165) is 36.2 Å². The molecule has 2 aliphatic heterocycles. The lowest BCUT2D eigenvalue weighted by Gasteiger charge is -2.46. The van der Waals surface area contributed by atoms with Crippen LogP contribution in [0.4, 0.5) is 10.8 Å². The quantitative estimate of drug-likeness (QED) is 0.495. The van der Waals surface area contributed by atoms with Gasteiger partial charge in [0, 0.05) is 34.7 Å². The number of amides is 1. The van der Waals surface area contributed by atoms with E-state index in [1.165, 1.54) is 18.4 Å². The Labute approximate surface area is 198 Å². The Hall–Kier alpha value is -2.49. The fourth-order valence-electron chi connectivity index (χ4n) is 5.23. The van der Waals surface area contributed by atoms with Gasteiger partial charge < -0.3 is 26.0 Å². The van der Waals surface area contributed by atoms with Crippen LogP contribution in [0, 0.1) is 0 Å². The van der Waals surface area contributed by atoms with Gasteiger partial charge in [-0.3, -0.25) is 4.79 Å². The van der Waals surface area contributed by atoms with Crippen LogP contribution in [0.25, 0.3) is 0 Å². The molecule has 0 bridgehead atoms. The molecule has 1 amide bonds. The molecule has 2 aromatic heterocycles. The summed E-state index contributed by atoms with van der Waals surface area (Å²) in [5, 5.41) is 14.0. The van der Waals surface area contributed by atoms with E-state index in [4.69, 9.17) is 4.74 Å². The number of nitrogens with one attached hydrogen (secondary N) is 4. The Balaban J connectivity index is 1.59. The third-order valence-corrected chi connectivity index (χ3v) is 7.28. The van der Waals surface area contributed by atoms with Crippen molar-refractivity contribution >= 4 is 34.0 Å². The molecule has 0 aromatic carbocycles. The first-order valence-corrected chi connectivity index (χ1v) is 12.2. The molecule has 9 heteroatoms. The molecule has 178 valence electrons. The predicted octanol–water partition coefficient (Wildman–Crippen LogP) is 3.55. The summed E-state index contributed by atoms with van der Waals surface area (Å²) >= 11 is 1.43. The second kappa shape index (κ2) is 9.04. The van der Waals surface area contributed by atoms with E-state index in [-0.39, 0.29) is 23.0 Å². The van der Waals surface area contributed by atoms with Gasteiger partial charge in [0.15, 0.2) is 0 Å². The van der Waals surface area contributed by atoms with Gasteiger partial charge in [-0.1, -0.05) is 0 Å². The summed E-state index contributed by atoms with van der Waals surface area (Å²) in [7, 11) is 1.37. The molecule has 4 heterocycles. The number of carbonyl (C=O) groups is 2. The third kappa shape index (κ3) is 5.20. The van der Waals surface area contributed by atoms with Crippen molar-refractivity contribution in [2.45, 2.75) is 70.6 Å². The van der Waals surface area contributed by atoms with Crippen LogP contribution >= 0.6 is 11.3 Å². The van der Waals surface area contributed by atoms with Crippen LogP contribution in [0.15, 0.2) is 18.3 Å². The van der Waals surface area contributed by atoms with Crippen LogP contribution in [0.1, 0.15) is 71.7 Å². The standard InChI is InChI=1S/C24H33N5O3S/c1-23(2)11-14(12-24(3,4)29-23)27-19-16(7-6-9-26-19)20(30)28-21-18(22(31)32-5)15-8-10-25-13-17(15)33-21/h6-7,9,14,25,29H,8,10-13H2,1-5H3,(H,26,27)(H,28,30). The minimum atomic E-state index is -0.423. The fraction of sp³-hybridized carbons (Fsp3) is 0.542. The van der Waals surface area contributed by atoms with E-state index < -0.39 is 5.97 Å². The molecular formula is C24H33N5O3S. The van der Waals surface area contributed by atoms with E-state index in [9.17, 15) is 9.59 Å². The average Bonchev–Trinajstić information content (AvgIpc) is 3.09. The van der Waals surface area contributed by atoms with Crippen molar-refractivity contribution < 1.29 is 14.3 Å². The summed E-state index contributed by atoms with van der Waals surface area (Å²) in [6.45, 7) is 10.2. The van der Waals surface area contributed by atoms with Crippen molar-refractivity contribution in [1.82, 2.24) is 15.6 Å². The Morgan fingerprint density at radius 2 is 1.94 bits per heavy atom. The topological polar surface area (TPSA) is 104 Å². The minimum Gasteiger partial charge on any atom is -0.465 e. The third-order valence-electron chi connectivity index (χ3n) is 6.13. The highest BCUT2D eigenvalue weighted by Crippen LogP contribution is 2.36. The number of thiophene rings is 1. The summed E-state index contributed by atoms with van der Waals surface area (Å²) in [5.41, 5.74) is 1.82. The van der Waals surface area contributed by atoms with Crippen molar-refractivity contribution in [3.63, 3.8) is 0 Å². The van der Waals surface area contributed by atoms with Gasteiger partial charge in [-0.15, -0.1) is 11.3 Å². The summed E-state index contributed by atoms with van der Waals surface area (Å²) in [6, 6.07) is 3.68. The largest absolute Gasteiger partial charge is 0.465 e. The Morgan fingerprint density at radius 3 is 2.64 bits per heavy atom. The van der Waals surface area contributed by atoms with Crippen LogP contribution in [-0.2, 0) is 17.7 Å². The minimum absolute atomic E-state index is 0.0316. The van der Waals surface area contributed by atoms with E-state index in [2.05, 4.69) is 53.9 Å². The molecular weight excluding hydrogens is 438 g/mol. The molecule has 2 aromatic rings. The molecule has 33 heavy (non-hydrogen) atoms. The van der Waals surface area contributed by atoms with Gasteiger partial charge in [-0.25, -0.2) is 9.78 Å². The molecule has 1 saturated heterocycles. The number of anilines is 2. The van der Waals surface area contributed by atoms with E-state index in [1.807, 2.05) is 0 Å². The summed E-state index contributed by atoms with van der Waals surface area (Å²) in [6.07, 6.45) is 4.23. The number of methoxy groups -OCH3 is 1. The highest BCUT2D eigenvalue weighted by molar-refractivity contribution is 7.17. The summed E-state index contributed by atoms with van der Waals surface area (Å²) in [5.74, 6) is -0.167. The Kier molecular flexibility index (Phi) is 6.48. The number of pyridine rings is 1. The van der Waals surface area contributed by atoms with E-state index in [0.29, 0.717) is 28.5 Å². The predicted molar refractivity (Wildman–Crippen MR) is 131 cm³/mol. The molecule has 4 N–H and O–H groups in total. The summed E-state index contributed by atoms with van der Waals surface area (Å²) in [4.78, 5) is 31.4. The maximum atomic E-state index is 13.3. The molecule has 0 aliphatic carbocycles. The molecule has 1 fully saturated rings. The van der Waals surface area contributed by atoms with Crippen molar-refractivity contribution in [2.75, 3.05) is 24.3 Å². The zero-order valence-electron chi connectivity index (χ0n) is 19.9. The first kappa shape index (κ1) is 23.7. The zero-order chi connectivity index (χ0) is 23.8. The van der Waals surface area contributed by atoms with Gasteiger partial charge in [-0.2, -0.15) is 0 Å². The normalized spacial score (nSPS) is 19.4. The number of nitrogens with zero attached hydrogens (tertiary/aromatic N) is 1. The van der Waals surface area contributed by atoms with Crippen LogP contribution in [0.5, 0.6) is 0 Å². The number of piperidine rings is 1. The molecule has 0 saturated carbocycles. The smallest absolute Gasteiger partial charge is 0.341 e. The number of hydrogen-bond donors (Lipinski definition) is 4. The molecule has 0 radical (unpaired) electrons. The van der Waals surface area contributed by atoms with Gasteiger partial charge in [0.25, 0.3) is 5.91 Å². The number of ether oxygens (including phenoxy) is 1. The Bertz CT molecular complexity index is 1050. The number of hydrogen-bond acceptors (Lipinski definition) is 8. The Morgan fingerprint density at radius 1 is 1.21 bits per heavy atom. The molecule has 0 spiro atoms. The maximum Gasteiger partial charge on any atom is 0.341 e. The van der Waals surface area contributed by atoms with Gasteiger partial charge >= 0.3 is 5.97 Å².